The second kappa shape index (κ2) is 5.20. The minimum atomic E-state index is -1.65. The summed E-state index contributed by atoms with van der Waals surface area (Å²) in [6, 6.07) is 6.33. The van der Waals surface area contributed by atoms with E-state index in [0.717, 1.165) is 0 Å². The second-order valence-corrected chi connectivity index (χ2v) is 5.46. The molecule has 0 N–H and O–H groups in total. The Bertz CT molecular complexity index is 866. The first-order valence-electron chi connectivity index (χ1n) is 6.14. The van der Waals surface area contributed by atoms with Gasteiger partial charge in [-0.05, 0) is 28.1 Å². The van der Waals surface area contributed by atoms with Gasteiger partial charge in [-0.25, -0.2) is 13.7 Å². The molecule has 0 spiro atoms. The van der Waals surface area contributed by atoms with Crippen LogP contribution in [0.1, 0.15) is 20.7 Å². The zero-order valence-electron chi connectivity index (χ0n) is 11.0. The van der Waals surface area contributed by atoms with Crippen LogP contribution in [0.5, 0.6) is 0 Å². The Hall–Kier alpha value is -2.68. The van der Waals surface area contributed by atoms with Gasteiger partial charge in [0.05, 0.1) is 20.5 Å². The number of carbonyl (C=O) groups is 2. The van der Waals surface area contributed by atoms with E-state index in [-0.39, 0.29) is 16.0 Å². The molecule has 0 atom stereocenters. The lowest BCUT2D eigenvalue weighted by Crippen LogP contribution is -2.31. The summed E-state index contributed by atoms with van der Waals surface area (Å²) in [6.45, 7) is 0. The van der Waals surface area contributed by atoms with Crippen molar-refractivity contribution in [1.29, 1.82) is 0 Å². The van der Waals surface area contributed by atoms with E-state index < -0.39 is 44.2 Å². The first-order valence-corrected chi connectivity index (χ1v) is 6.93. The number of nitro benzene ring substituents is 1. The maximum absolute atomic E-state index is 14.2. The van der Waals surface area contributed by atoms with Crippen molar-refractivity contribution in [3.05, 3.63) is 67.7 Å². The van der Waals surface area contributed by atoms with Gasteiger partial charge >= 0.3 is 0 Å². The highest BCUT2D eigenvalue weighted by molar-refractivity contribution is 9.10. The highest BCUT2D eigenvalue weighted by Gasteiger charge is 2.42. The predicted molar refractivity (Wildman–Crippen MR) is 78.3 cm³/mol. The van der Waals surface area contributed by atoms with Crippen LogP contribution in [0.15, 0.2) is 34.8 Å². The van der Waals surface area contributed by atoms with E-state index in [4.69, 9.17) is 0 Å². The van der Waals surface area contributed by atoms with E-state index in [1.54, 1.807) is 0 Å². The molecule has 1 aliphatic rings. The van der Waals surface area contributed by atoms with Crippen LogP contribution in [0.3, 0.4) is 0 Å². The highest BCUT2D eigenvalue weighted by Crippen LogP contribution is 2.40. The van der Waals surface area contributed by atoms with Crippen LogP contribution in [0, 0.1) is 21.7 Å². The summed E-state index contributed by atoms with van der Waals surface area (Å²) in [5.74, 6) is -4.98. The van der Waals surface area contributed by atoms with E-state index in [9.17, 15) is 28.5 Å². The number of rotatable bonds is 2. The summed E-state index contributed by atoms with van der Waals surface area (Å²) in [7, 11) is 0. The average Bonchev–Trinajstić information content (AvgIpc) is 2.77. The summed E-state index contributed by atoms with van der Waals surface area (Å²) < 4.78 is 27.5. The molecular formula is C14H5BrF2N2O4. The number of carbonyl (C=O) groups excluding carboxylic acids is 2. The molecule has 0 aromatic heterocycles. The standard InChI is InChI=1S/C14H5BrF2N2O4/c15-8-5-9(19(22)23)12(11(17)10(8)16)18-13(20)6-3-1-2-4-7(6)14(18)21/h1-5H. The lowest BCUT2D eigenvalue weighted by molar-refractivity contribution is -0.384. The third-order valence-electron chi connectivity index (χ3n) is 3.33. The second-order valence-electron chi connectivity index (χ2n) is 4.60. The number of amides is 2. The molecule has 1 aliphatic heterocycles. The van der Waals surface area contributed by atoms with E-state index in [1.165, 1.54) is 24.3 Å². The third-order valence-corrected chi connectivity index (χ3v) is 3.91. The van der Waals surface area contributed by atoms with Gasteiger partial charge in [-0.1, -0.05) is 12.1 Å². The fraction of sp³-hybridized carbons (Fsp3) is 0. The maximum atomic E-state index is 14.2. The van der Waals surface area contributed by atoms with Gasteiger partial charge in [-0.2, -0.15) is 0 Å². The minimum absolute atomic E-state index is 0.0328. The van der Waals surface area contributed by atoms with Gasteiger partial charge in [0.25, 0.3) is 17.5 Å². The maximum Gasteiger partial charge on any atom is 0.297 e. The molecule has 6 nitrogen and oxygen atoms in total. The average molecular weight is 383 g/mol. The SMILES string of the molecule is O=C1c2ccccc2C(=O)N1c1c([N+](=O)[O-])cc(Br)c(F)c1F. The van der Waals surface area contributed by atoms with Crippen LogP contribution in [0.2, 0.25) is 0 Å². The third kappa shape index (κ3) is 2.12. The number of halogens is 3. The molecule has 0 saturated carbocycles. The topological polar surface area (TPSA) is 80.5 Å². The van der Waals surface area contributed by atoms with Crippen molar-refractivity contribution < 1.29 is 23.3 Å². The van der Waals surface area contributed by atoms with Gasteiger partial charge in [0.2, 0.25) is 0 Å². The summed E-state index contributed by atoms with van der Waals surface area (Å²) in [5.41, 5.74) is -1.98. The highest BCUT2D eigenvalue weighted by atomic mass is 79.9. The van der Waals surface area contributed by atoms with Gasteiger partial charge in [-0.15, -0.1) is 0 Å². The number of anilines is 1. The molecule has 3 rings (SSSR count). The van der Waals surface area contributed by atoms with Crippen molar-refractivity contribution in [2.24, 2.45) is 0 Å². The first kappa shape index (κ1) is 15.2. The lowest BCUT2D eigenvalue weighted by atomic mass is 10.1. The molecular weight excluding hydrogens is 378 g/mol. The van der Waals surface area contributed by atoms with Crippen molar-refractivity contribution in [3.63, 3.8) is 0 Å². The normalized spacial score (nSPS) is 13.4. The molecule has 0 saturated heterocycles. The molecule has 116 valence electrons. The Kier molecular flexibility index (Phi) is 3.44. The molecule has 2 amide bonds. The van der Waals surface area contributed by atoms with Crippen molar-refractivity contribution in [1.82, 2.24) is 0 Å². The van der Waals surface area contributed by atoms with Gasteiger partial charge in [0.1, 0.15) is 0 Å². The Morgan fingerprint density at radius 3 is 2.04 bits per heavy atom. The fourth-order valence-corrected chi connectivity index (χ4v) is 2.71. The lowest BCUT2D eigenvalue weighted by Gasteiger charge is -2.15. The van der Waals surface area contributed by atoms with Crippen molar-refractivity contribution in [2.45, 2.75) is 0 Å². The summed E-state index contributed by atoms with van der Waals surface area (Å²) in [4.78, 5) is 35.0. The summed E-state index contributed by atoms with van der Waals surface area (Å²) in [6.07, 6.45) is 0. The van der Waals surface area contributed by atoms with Crippen LogP contribution in [-0.2, 0) is 0 Å². The zero-order chi connectivity index (χ0) is 16.9. The molecule has 1 heterocycles. The Morgan fingerprint density at radius 1 is 1.04 bits per heavy atom. The van der Waals surface area contributed by atoms with E-state index in [0.29, 0.717) is 6.07 Å². The quantitative estimate of drug-likeness (QED) is 0.345. The molecule has 0 aliphatic carbocycles. The Morgan fingerprint density at radius 2 is 1.57 bits per heavy atom. The van der Waals surface area contributed by atoms with Gasteiger partial charge in [0.15, 0.2) is 17.3 Å². The van der Waals surface area contributed by atoms with Crippen molar-refractivity contribution >= 4 is 39.1 Å². The van der Waals surface area contributed by atoms with Crippen LogP contribution >= 0.6 is 15.9 Å². The van der Waals surface area contributed by atoms with Crippen LogP contribution < -0.4 is 4.90 Å². The molecule has 2 aromatic rings. The van der Waals surface area contributed by atoms with E-state index >= 15 is 0 Å². The zero-order valence-corrected chi connectivity index (χ0v) is 12.6. The Balaban J connectivity index is 2.29. The molecule has 2 aromatic carbocycles. The predicted octanol–water partition coefficient (Wildman–Crippen LogP) is 3.44. The Labute approximate surface area is 135 Å². The molecule has 0 bridgehead atoms. The number of imide groups is 1. The number of hydrogen-bond donors (Lipinski definition) is 0. The monoisotopic (exact) mass is 382 g/mol. The van der Waals surface area contributed by atoms with Crippen LogP contribution in [-0.4, -0.2) is 16.7 Å². The molecule has 0 fully saturated rings. The number of hydrogen-bond acceptors (Lipinski definition) is 4. The van der Waals surface area contributed by atoms with Gasteiger partial charge < -0.3 is 0 Å². The minimum Gasteiger partial charge on any atom is -0.268 e. The molecule has 0 radical (unpaired) electrons. The van der Waals surface area contributed by atoms with Crippen molar-refractivity contribution in [3.8, 4) is 0 Å². The van der Waals surface area contributed by atoms with Gasteiger partial charge in [0, 0.05) is 6.07 Å². The number of nitro groups is 1. The molecule has 0 unspecified atom stereocenters. The van der Waals surface area contributed by atoms with Crippen LogP contribution in [0.25, 0.3) is 0 Å². The van der Waals surface area contributed by atoms with E-state index in [2.05, 4.69) is 15.9 Å². The first-order chi connectivity index (χ1) is 10.8. The molecule has 9 heteroatoms. The smallest absolute Gasteiger partial charge is 0.268 e. The van der Waals surface area contributed by atoms with E-state index in [1.807, 2.05) is 0 Å². The summed E-state index contributed by atoms with van der Waals surface area (Å²) >= 11 is 2.66. The largest absolute Gasteiger partial charge is 0.297 e. The summed E-state index contributed by atoms with van der Waals surface area (Å²) in [5, 5.41) is 11.1. The van der Waals surface area contributed by atoms with Crippen LogP contribution in [0.4, 0.5) is 20.2 Å². The number of benzene rings is 2. The molecule has 23 heavy (non-hydrogen) atoms. The number of nitrogens with zero attached hydrogens (tertiary/aromatic N) is 2. The van der Waals surface area contributed by atoms with Gasteiger partial charge in [-0.3, -0.25) is 19.7 Å². The fourth-order valence-electron chi connectivity index (χ4n) is 2.32. The number of fused-ring (bicyclic) bond motifs is 1. The van der Waals surface area contributed by atoms with Crippen molar-refractivity contribution in [2.75, 3.05) is 4.90 Å².